The van der Waals surface area contributed by atoms with Crippen LogP contribution in [-0.4, -0.2) is 41.2 Å². The molecule has 0 aromatic carbocycles. The number of nitrogens with one attached hydrogen (secondary N) is 1. The van der Waals surface area contributed by atoms with Crippen molar-refractivity contribution in [3.8, 4) is 5.88 Å². The Hall–Kier alpha value is -1.78. The van der Waals surface area contributed by atoms with Crippen LogP contribution in [0, 0.1) is 5.41 Å². The minimum Gasteiger partial charge on any atom is -0.472 e. The van der Waals surface area contributed by atoms with Crippen LogP contribution in [0.1, 0.15) is 44.9 Å². The van der Waals surface area contributed by atoms with Crippen LogP contribution in [0.15, 0.2) is 24.4 Å². The lowest BCUT2D eigenvalue weighted by atomic mass is 9.86. The second kappa shape index (κ2) is 6.02. The topological polar surface area (TPSA) is 54.5 Å². The summed E-state index contributed by atoms with van der Waals surface area (Å²) in [7, 11) is 0. The van der Waals surface area contributed by atoms with Crippen LogP contribution in [-0.2, 0) is 0 Å². The normalized spacial score (nSPS) is 28.6. The highest BCUT2D eigenvalue weighted by Crippen LogP contribution is 2.56. The molecule has 1 spiro atoms. The molecule has 0 bridgehead atoms. The van der Waals surface area contributed by atoms with E-state index >= 15 is 0 Å². The number of hydrogen-bond donors (Lipinski definition) is 1. The Kier molecular flexibility index (Phi) is 3.87. The first kappa shape index (κ1) is 14.8. The average molecular weight is 315 g/mol. The number of nitrogens with zero attached hydrogens (tertiary/aromatic N) is 2. The highest BCUT2D eigenvalue weighted by atomic mass is 16.5. The number of aromatic nitrogens is 1. The molecular formula is C18H25N3O2. The summed E-state index contributed by atoms with van der Waals surface area (Å²) in [5.74, 6) is 0.642. The van der Waals surface area contributed by atoms with Crippen molar-refractivity contribution in [3.63, 3.8) is 0 Å². The zero-order chi connectivity index (χ0) is 15.7. The lowest BCUT2D eigenvalue weighted by Gasteiger charge is -2.24. The van der Waals surface area contributed by atoms with Crippen molar-refractivity contribution in [1.82, 2.24) is 15.2 Å². The third-order valence-corrected chi connectivity index (χ3v) is 5.69. The summed E-state index contributed by atoms with van der Waals surface area (Å²) >= 11 is 0. The van der Waals surface area contributed by atoms with Crippen LogP contribution in [0.3, 0.4) is 0 Å². The number of hydrogen-bond acceptors (Lipinski definition) is 3. The van der Waals surface area contributed by atoms with Gasteiger partial charge in [0, 0.05) is 31.3 Å². The SMILES string of the molecule is O=C(NC1CC12CCCCC2)N1CCC(Oc2ccccn2)C1. The van der Waals surface area contributed by atoms with Gasteiger partial charge >= 0.3 is 6.03 Å². The van der Waals surface area contributed by atoms with Gasteiger partial charge in [0.2, 0.25) is 5.88 Å². The summed E-state index contributed by atoms with van der Waals surface area (Å²) in [5.41, 5.74) is 0.442. The summed E-state index contributed by atoms with van der Waals surface area (Å²) in [6, 6.07) is 6.14. The van der Waals surface area contributed by atoms with Crippen LogP contribution in [0.5, 0.6) is 5.88 Å². The van der Waals surface area contributed by atoms with Gasteiger partial charge in [0.05, 0.1) is 6.54 Å². The molecule has 0 radical (unpaired) electrons. The fourth-order valence-electron chi connectivity index (χ4n) is 4.20. The molecule has 2 atom stereocenters. The van der Waals surface area contributed by atoms with Crippen molar-refractivity contribution in [2.75, 3.05) is 13.1 Å². The molecule has 124 valence electrons. The van der Waals surface area contributed by atoms with Crippen molar-refractivity contribution in [3.05, 3.63) is 24.4 Å². The van der Waals surface area contributed by atoms with Gasteiger partial charge in [0.1, 0.15) is 6.10 Å². The van der Waals surface area contributed by atoms with Gasteiger partial charge in [-0.2, -0.15) is 0 Å². The predicted octanol–water partition coefficient (Wildman–Crippen LogP) is 2.97. The molecule has 23 heavy (non-hydrogen) atoms. The summed E-state index contributed by atoms with van der Waals surface area (Å²) in [5, 5.41) is 3.26. The lowest BCUT2D eigenvalue weighted by molar-refractivity contribution is 0.181. The second-order valence-corrected chi connectivity index (χ2v) is 7.27. The quantitative estimate of drug-likeness (QED) is 0.933. The van der Waals surface area contributed by atoms with E-state index in [1.807, 2.05) is 23.1 Å². The van der Waals surface area contributed by atoms with Gasteiger partial charge < -0.3 is 15.0 Å². The highest BCUT2D eigenvalue weighted by Gasteiger charge is 2.54. The van der Waals surface area contributed by atoms with E-state index < -0.39 is 0 Å². The minimum atomic E-state index is 0.0542. The smallest absolute Gasteiger partial charge is 0.317 e. The summed E-state index contributed by atoms with van der Waals surface area (Å²) in [6.07, 6.45) is 10.4. The molecule has 2 unspecified atom stereocenters. The van der Waals surface area contributed by atoms with Gasteiger partial charge in [0.25, 0.3) is 0 Å². The maximum absolute atomic E-state index is 12.5. The maximum atomic E-state index is 12.5. The molecule has 1 aromatic rings. The average Bonchev–Trinajstić information content (AvgIpc) is 3.01. The number of ether oxygens (including phenoxy) is 1. The summed E-state index contributed by atoms with van der Waals surface area (Å²) < 4.78 is 5.85. The number of carbonyl (C=O) groups is 1. The van der Waals surface area contributed by atoms with E-state index in [1.165, 1.54) is 38.5 Å². The first-order chi connectivity index (χ1) is 11.3. The predicted molar refractivity (Wildman–Crippen MR) is 87.3 cm³/mol. The number of rotatable bonds is 3. The number of carbonyl (C=O) groups excluding carboxylic acids is 1. The summed E-state index contributed by atoms with van der Waals surface area (Å²) in [6.45, 7) is 1.42. The molecule has 5 nitrogen and oxygen atoms in total. The Morgan fingerprint density at radius 3 is 2.96 bits per heavy atom. The van der Waals surface area contributed by atoms with Crippen LogP contribution in [0.4, 0.5) is 4.79 Å². The monoisotopic (exact) mass is 315 g/mol. The van der Waals surface area contributed by atoms with E-state index in [4.69, 9.17) is 4.74 Å². The van der Waals surface area contributed by atoms with E-state index in [1.54, 1.807) is 6.20 Å². The van der Waals surface area contributed by atoms with Crippen molar-refractivity contribution in [2.24, 2.45) is 5.41 Å². The van der Waals surface area contributed by atoms with Gasteiger partial charge in [-0.15, -0.1) is 0 Å². The zero-order valence-corrected chi connectivity index (χ0v) is 13.5. The Labute approximate surface area is 137 Å². The Morgan fingerprint density at radius 2 is 2.17 bits per heavy atom. The molecule has 1 aromatic heterocycles. The van der Waals surface area contributed by atoms with E-state index in [0.717, 1.165) is 13.0 Å². The maximum Gasteiger partial charge on any atom is 0.317 e. The fraction of sp³-hybridized carbons (Fsp3) is 0.667. The third-order valence-electron chi connectivity index (χ3n) is 5.69. The minimum absolute atomic E-state index is 0.0542. The molecular weight excluding hydrogens is 290 g/mol. The van der Waals surface area contributed by atoms with Crippen molar-refractivity contribution < 1.29 is 9.53 Å². The van der Waals surface area contributed by atoms with Gasteiger partial charge in [0.15, 0.2) is 0 Å². The summed E-state index contributed by atoms with van der Waals surface area (Å²) in [4.78, 5) is 18.5. The van der Waals surface area contributed by atoms with Crippen molar-refractivity contribution >= 4 is 6.03 Å². The molecule has 4 rings (SSSR count). The van der Waals surface area contributed by atoms with E-state index in [2.05, 4.69) is 10.3 Å². The van der Waals surface area contributed by atoms with Crippen LogP contribution >= 0.6 is 0 Å². The fourth-order valence-corrected chi connectivity index (χ4v) is 4.20. The molecule has 2 aliphatic carbocycles. The van der Waals surface area contributed by atoms with E-state index in [0.29, 0.717) is 23.9 Å². The van der Waals surface area contributed by atoms with Gasteiger partial charge in [-0.25, -0.2) is 9.78 Å². The first-order valence-electron chi connectivity index (χ1n) is 8.88. The van der Waals surface area contributed by atoms with Crippen LogP contribution in [0.25, 0.3) is 0 Å². The molecule has 2 amide bonds. The molecule has 1 N–H and O–H groups in total. The molecule has 5 heteroatoms. The molecule has 3 aliphatic rings. The largest absolute Gasteiger partial charge is 0.472 e. The lowest BCUT2D eigenvalue weighted by Crippen LogP contribution is -2.42. The number of amides is 2. The highest BCUT2D eigenvalue weighted by molar-refractivity contribution is 5.75. The molecule has 1 aliphatic heterocycles. The van der Waals surface area contributed by atoms with Crippen molar-refractivity contribution in [1.29, 1.82) is 0 Å². The van der Waals surface area contributed by atoms with Crippen LogP contribution in [0.2, 0.25) is 0 Å². The number of pyridine rings is 1. The standard InChI is InChI=1S/C18H25N3O2/c22-17(20-15-12-18(15)8-3-1-4-9-18)21-11-7-14(13-21)23-16-6-2-5-10-19-16/h2,5-6,10,14-15H,1,3-4,7-9,11-13H2,(H,20,22). The Morgan fingerprint density at radius 1 is 1.30 bits per heavy atom. The second-order valence-electron chi connectivity index (χ2n) is 7.27. The van der Waals surface area contributed by atoms with Crippen LogP contribution < -0.4 is 10.1 Å². The molecule has 2 heterocycles. The van der Waals surface area contributed by atoms with Crippen molar-refractivity contribution in [2.45, 2.75) is 57.1 Å². The molecule has 2 saturated carbocycles. The Balaban J connectivity index is 1.26. The molecule has 3 fully saturated rings. The first-order valence-corrected chi connectivity index (χ1v) is 8.88. The number of urea groups is 1. The molecule has 1 saturated heterocycles. The zero-order valence-electron chi connectivity index (χ0n) is 13.5. The van der Waals surface area contributed by atoms with Gasteiger partial charge in [-0.3, -0.25) is 0 Å². The Bertz CT molecular complexity index is 557. The number of likely N-dealkylation sites (tertiary alicyclic amines) is 1. The third kappa shape index (κ3) is 3.14. The van der Waals surface area contributed by atoms with E-state index in [9.17, 15) is 4.79 Å². The van der Waals surface area contributed by atoms with E-state index in [-0.39, 0.29) is 12.1 Å². The van der Waals surface area contributed by atoms with Gasteiger partial charge in [-0.05, 0) is 30.7 Å². The van der Waals surface area contributed by atoms with Gasteiger partial charge in [-0.1, -0.05) is 25.3 Å².